The molecule has 0 spiro atoms. The Kier molecular flexibility index (Phi) is 4.82. The molecule has 1 aliphatic rings. The Morgan fingerprint density at radius 1 is 1.12 bits per heavy atom. The molecule has 0 aliphatic heterocycles. The first-order valence-corrected chi connectivity index (χ1v) is 8.75. The maximum atomic E-state index is 12.2. The van der Waals surface area contributed by atoms with Crippen LogP contribution in [0.2, 0.25) is 0 Å². The van der Waals surface area contributed by atoms with Crippen LogP contribution in [-0.4, -0.2) is 29.4 Å². The molecule has 0 aromatic heterocycles. The number of alkyl carbamates (subject to hydrolysis) is 1. The number of rotatable bonds is 5. The van der Waals surface area contributed by atoms with Crippen molar-refractivity contribution in [2.24, 2.45) is 0 Å². The molecule has 132 valence electrons. The Morgan fingerprint density at radius 2 is 1.64 bits per heavy atom. The zero-order chi connectivity index (χ0) is 18.0. The van der Waals surface area contributed by atoms with E-state index >= 15 is 0 Å². The highest BCUT2D eigenvalue weighted by atomic mass is 16.5. The van der Waals surface area contributed by atoms with Gasteiger partial charge in [-0.2, -0.15) is 0 Å². The van der Waals surface area contributed by atoms with Crippen LogP contribution in [0.3, 0.4) is 0 Å². The summed E-state index contributed by atoms with van der Waals surface area (Å²) in [5.41, 5.74) is 3.79. The minimum atomic E-state index is -0.986. The third kappa shape index (κ3) is 3.54. The molecule has 2 N–H and O–H groups in total. The van der Waals surface area contributed by atoms with Crippen LogP contribution >= 0.6 is 0 Å². The van der Waals surface area contributed by atoms with E-state index in [9.17, 15) is 9.90 Å². The van der Waals surface area contributed by atoms with Crippen LogP contribution < -0.4 is 5.32 Å². The summed E-state index contributed by atoms with van der Waals surface area (Å²) in [5.74, 6) is 0.0420. The van der Waals surface area contributed by atoms with E-state index in [1.807, 2.05) is 31.2 Å². The lowest BCUT2D eigenvalue weighted by Gasteiger charge is -2.29. The van der Waals surface area contributed by atoms with Crippen molar-refractivity contribution in [3.8, 4) is 11.1 Å². The predicted molar refractivity (Wildman–Crippen MR) is 98.6 cm³/mol. The molecule has 0 bridgehead atoms. The zero-order valence-electron chi connectivity index (χ0n) is 15.0. The largest absolute Gasteiger partial charge is 0.449 e. The molecule has 25 heavy (non-hydrogen) atoms. The lowest BCUT2D eigenvalue weighted by molar-refractivity contribution is 0.0329. The highest BCUT2D eigenvalue weighted by Gasteiger charge is 2.30. The Balaban J connectivity index is 1.72. The van der Waals surface area contributed by atoms with E-state index in [2.05, 4.69) is 29.6 Å². The van der Waals surface area contributed by atoms with Crippen LogP contribution in [0.25, 0.3) is 11.1 Å². The van der Waals surface area contributed by atoms with Gasteiger partial charge in [-0.15, -0.1) is 0 Å². The quantitative estimate of drug-likeness (QED) is 0.863. The van der Waals surface area contributed by atoms with Crippen LogP contribution in [0.1, 0.15) is 44.2 Å². The van der Waals surface area contributed by atoms with E-state index < -0.39 is 11.7 Å². The summed E-state index contributed by atoms with van der Waals surface area (Å²) < 4.78 is 5.51. The van der Waals surface area contributed by atoms with E-state index in [4.69, 9.17) is 4.74 Å². The highest BCUT2D eigenvalue weighted by molar-refractivity contribution is 5.79. The van der Waals surface area contributed by atoms with Gasteiger partial charge < -0.3 is 15.2 Å². The molecule has 3 rings (SSSR count). The smallest absolute Gasteiger partial charge is 0.407 e. The lowest BCUT2D eigenvalue weighted by atomic mass is 9.97. The lowest BCUT2D eigenvalue weighted by Crippen LogP contribution is -2.49. The summed E-state index contributed by atoms with van der Waals surface area (Å²) in [6.07, 6.45) is 0.143. The molecule has 0 heterocycles. The molecule has 4 nitrogen and oxygen atoms in total. The molecular weight excluding hydrogens is 314 g/mol. The fourth-order valence-corrected chi connectivity index (χ4v) is 3.56. The maximum Gasteiger partial charge on any atom is 0.407 e. The molecule has 4 heteroatoms. The standard InChI is InChI=1S/C21H25NO3/c1-4-19(21(2,3)24)22-20(23)25-13-18-16-11-7-5-9-14(16)15-10-6-8-12-17(15)18/h5-12,18-19,24H,4,13H2,1-3H3,(H,22,23). The second-order valence-electron chi connectivity index (χ2n) is 7.08. The molecule has 1 unspecified atom stereocenters. The molecule has 1 aliphatic carbocycles. The number of carbonyl (C=O) groups is 1. The SMILES string of the molecule is CCC(NC(=O)OCC1c2ccccc2-c2ccccc21)C(C)(C)O. The van der Waals surface area contributed by atoms with Gasteiger partial charge in [0.05, 0.1) is 11.6 Å². The van der Waals surface area contributed by atoms with Gasteiger partial charge in [-0.1, -0.05) is 55.5 Å². The predicted octanol–water partition coefficient (Wildman–Crippen LogP) is 4.07. The van der Waals surface area contributed by atoms with Crippen LogP contribution in [0.4, 0.5) is 4.79 Å². The van der Waals surface area contributed by atoms with Crippen molar-refractivity contribution in [2.75, 3.05) is 6.61 Å². The number of aliphatic hydroxyl groups is 1. The van der Waals surface area contributed by atoms with Crippen LogP contribution in [0, 0.1) is 0 Å². The summed E-state index contributed by atoms with van der Waals surface area (Å²) in [4.78, 5) is 12.2. The van der Waals surface area contributed by atoms with Crippen LogP contribution in [-0.2, 0) is 4.74 Å². The molecular formula is C21H25NO3. The summed E-state index contributed by atoms with van der Waals surface area (Å²) in [5, 5.41) is 12.9. The molecule has 1 atom stereocenters. The third-order valence-electron chi connectivity index (χ3n) is 4.90. The number of fused-ring (bicyclic) bond motifs is 3. The average molecular weight is 339 g/mol. The van der Waals surface area contributed by atoms with Crippen molar-refractivity contribution >= 4 is 6.09 Å². The minimum Gasteiger partial charge on any atom is -0.449 e. The monoisotopic (exact) mass is 339 g/mol. The van der Waals surface area contributed by atoms with E-state index in [1.54, 1.807) is 13.8 Å². The number of carbonyl (C=O) groups excluding carboxylic acids is 1. The minimum absolute atomic E-state index is 0.0420. The molecule has 0 saturated heterocycles. The summed E-state index contributed by atoms with van der Waals surface area (Å²) in [7, 11) is 0. The topological polar surface area (TPSA) is 58.6 Å². The normalized spacial score (nSPS) is 14.6. The summed E-state index contributed by atoms with van der Waals surface area (Å²) in [6.45, 7) is 5.57. The number of hydrogen-bond acceptors (Lipinski definition) is 3. The molecule has 1 amide bonds. The van der Waals surface area contributed by atoms with E-state index in [0.717, 1.165) is 0 Å². The summed E-state index contributed by atoms with van der Waals surface area (Å²) >= 11 is 0. The second-order valence-corrected chi connectivity index (χ2v) is 7.08. The number of hydrogen-bond donors (Lipinski definition) is 2. The van der Waals surface area contributed by atoms with Gasteiger partial charge in [0.25, 0.3) is 0 Å². The Morgan fingerprint density at radius 3 is 2.12 bits per heavy atom. The van der Waals surface area contributed by atoms with Crippen molar-refractivity contribution in [1.82, 2.24) is 5.32 Å². The molecule has 2 aromatic carbocycles. The van der Waals surface area contributed by atoms with Crippen molar-refractivity contribution < 1.29 is 14.6 Å². The molecule has 2 aromatic rings. The van der Waals surface area contributed by atoms with Crippen molar-refractivity contribution in [1.29, 1.82) is 0 Å². The number of nitrogens with one attached hydrogen (secondary N) is 1. The fourth-order valence-electron chi connectivity index (χ4n) is 3.56. The van der Waals surface area contributed by atoms with E-state index in [-0.39, 0.29) is 18.6 Å². The maximum absolute atomic E-state index is 12.2. The van der Waals surface area contributed by atoms with Gasteiger partial charge in [-0.05, 0) is 42.5 Å². The highest BCUT2D eigenvalue weighted by Crippen LogP contribution is 2.44. The Labute approximate surface area is 148 Å². The van der Waals surface area contributed by atoms with Gasteiger partial charge in [-0.25, -0.2) is 4.79 Å². The Bertz CT molecular complexity index is 718. The average Bonchev–Trinajstić information content (AvgIpc) is 2.91. The van der Waals surface area contributed by atoms with Crippen molar-refractivity contribution in [3.63, 3.8) is 0 Å². The molecule has 0 fully saturated rings. The first kappa shape index (κ1) is 17.5. The van der Waals surface area contributed by atoms with Crippen molar-refractivity contribution in [2.45, 2.75) is 44.8 Å². The van der Waals surface area contributed by atoms with Crippen LogP contribution in [0.15, 0.2) is 48.5 Å². The first-order valence-electron chi connectivity index (χ1n) is 8.75. The van der Waals surface area contributed by atoms with E-state index in [0.29, 0.717) is 6.42 Å². The number of ether oxygens (including phenoxy) is 1. The summed E-state index contributed by atoms with van der Waals surface area (Å²) in [6, 6.07) is 16.1. The zero-order valence-corrected chi connectivity index (χ0v) is 15.0. The molecule has 0 radical (unpaired) electrons. The van der Waals surface area contributed by atoms with Gasteiger partial charge in [0.1, 0.15) is 6.61 Å². The number of benzene rings is 2. The van der Waals surface area contributed by atoms with Gasteiger partial charge in [-0.3, -0.25) is 0 Å². The van der Waals surface area contributed by atoms with Gasteiger partial charge in [0.15, 0.2) is 0 Å². The van der Waals surface area contributed by atoms with Gasteiger partial charge in [0.2, 0.25) is 0 Å². The van der Waals surface area contributed by atoms with Crippen molar-refractivity contribution in [3.05, 3.63) is 59.7 Å². The van der Waals surface area contributed by atoms with Gasteiger partial charge >= 0.3 is 6.09 Å². The van der Waals surface area contributed by atoms with E-state index in [1.165, 1.54) is 22.3 Å². The molecule has 0 saturated carbocycles. The van der Waals surface area contributed by atoms with Gasteiger partial charge in [0, 0.05) is 5.92 Å². The van der Waals surface area contributed by atoms with Crippen LogP contribution in [0.5, 0.6) is 0 Å². The number of amides is 1. The Hall–Kier alpha value is -2.33. The second kappa shape index (κ2) is 6.89. The fraction of sp³-hybridized carbons (Fsp3) is 0.381. The third-order valence-corrected chi connectivity index (χ3v) is 4.90. The first-order chi connectivity index (χ1) is 11.9.